The van der Waals surface area contributed by atoms with Crippen molar-refractivity contribution >= 4 is 34.6 Å². The number of hydrogen-bond donors (Lipinski definition) is 2. The summed E-state index contributed by atoms with van der Waals surface area (Å²) in [6.45, 7) is 6.07. The zero-order valence-corrected chi connectivity index (χ0v) is 15.3. The third kappa shape index (κ3) is 4.36. The van der Waals surface area contributed by atoms with Gasteiger partial charge in [-0.25, -0.2) is 0 Å². The summed E-state index contributed by atoms with van der Waals surface area (Å²) < 4.78 is 5.44. The Kier molecular flexibility index (Phi) is 5.85. The fraction of sp³-hybridized carbons (Fsp3) is 0.278. The Labute approximate surface area is 148 Å². The van der Waals surface area contributed by atoms with Crippen LogP contribution in [0.15, 0.2) is 36.4 Å². The molecule has 5 heteroatoms. The van der Waals surface area contributed by atoms with E-state index in [1.807, 2.05) is 37.3 Å². The first-order chi connectivity index (χ1) is 10.9. The lowest BCUT2D eigenvalue weighted by Gasteiger charge is -2.20. The number of nitrogens with one attached hydrogen (secondary N) is 2. The van der Waals surface area contributed by atoms with Crippen molar-refractivity contribution in [3.63, 3.8) is 0 Å². The largest absolute Gasteiger partial charge is 0.496 e. The molecule has 122 valence electrons. The minimum Gasteiger partial charge on any atom is -0.496 e. The molecule has 23 heavy (non-hydrogen) atoms. The lowest BCUT2D eigenvalue weighted by Crippen LogP contribution is -2.31. The summed E-state index contributed by atoms with van der Waals surface area (Å²) in [6, 6.07) is 11.8. The van der Waals surface area contributed by atoms with E-state index in [2.05, 4.69) is 30.5 Å². The molecule has 2 N–H and O–H groups in total. The van der Waals surface area contributed by atoms with E-state index in [1.54, 1.807) is 7.11 Å². The van der Waals surface area contributed by atoms with Crippen molar-refractivity contribution in [3.8, 4) is 5.75 Å². The first-order valence-electron chi connectivity index (χ1n) is 7.39. The molecule has 2 rings (SSSR count). The maximum atomic E-state index is 6.14. The van der Waals surface area contributed by atoms with Gasteiger partial charge in [0, 0.05) is 16.3 Å². The molecule has 0 fully saturated rings. The molecule has 0 radical (unpaired) electrons. The van der Waals surface area contributed by atoms with Crippen LogP contribution in [0, 0.1) is 13.8 Å². The Morgan fingerprint density at radius 2 is 1.96 bits per heavy atom. The Morgan fingerprint density at radius 1 is 1.22 bits per heavy atom. The maximum absolute atomic E-state index is 6.14. The number of anilines is 1. The molecule has 0 aliphatic rings. The topological polar surface area (TPSA) is 33.3 Å². The number of benzene rings is 2. The number of aryl methyl sites for hydroxylation is 1. The predicted octanol–water partition coefficient (Wildman–Crippen LogP) is 5.01. The highest BCUT2D eigenvalue weighted by Gasteiger charge is 2.13. The highest BCUT2D eigenvalue weighted by atomic mass is 35.5. The van der Waals surface area contributed by atoms with Crippen LogP contribution in [0.4, 0.5) is 5.69 Å². The van der Waals surface area contributed by atoms with Gasteiger partial charge in [-0.3, -0.25) is 0 Å². The van der Waals surface area contributed by atoms with Gasteiger partial charge in [0.25, 0.3) is 0 Å². The molecular weight excluding hydrogens is 328 g/mol. The van der Waals surface area contributed by atoms with E-state index in [0.29, 0.717) is 10.1 Å². The van der Waals surface area contributed by atoms with Crippen molar-refractivity contribution in [1.82, 2.24) is 5.32 Å². The molecule has 2 aromatic carbocycles. The monoisotopic (exact) mass is 348 g/mol. The van der Waals surface area contributed by atoms with Crippen LogP contribution in [0.25, 0.3) is 0 Å². The standard InChI is InChI=1S/C18H21ClN2OS/c1-11-8-9-17(22-4)14(10-11)13(3)20-18(23)21-16-7-5-6-15(19)12(16)2/h5-10,13H,1-4H3,(H2,20,21,23)/t13-/m1/s1. The van der Waals surface area contributed by atoms with Crippen LogP contribution in [-0.2, 0) is 0 Å². The Balaban J connectivity index is 2.11. The molecule has 0 bridgehead atoms. The van der Waals surface area contributed by atoms with Gasteiger partial charge in [-0.1, -0.05) is 35.4 Å². The minimum absolute atomic E-state index is 0.0179. The maximum Gasteiger partial charge on any atom is 0.171 e. The van der Waals surface area contributed by atoms with Crippen molar-refractivity contribution < 1.29 is 4.74 Å². The van der Waals surface area contributed by atoms with E-state index in [-0.39, 0.29) is 6.04 Å². The number of rotatable bonds is 4. The number of ether oxygens (including phenoxy) is 1. The second kappa shape index (κ2) is 7.66. The van der Waals surface area contributed by atoms with E-state index >= 15 is 0 Å². The highest BCUT2D eigenvalue weighted by molar-refractivity contribution is 7.80. The molecule has 1 atom stereocenters. The lowest BCUT2D eigenvalue weighted by atomic mass is 10.0. The van der Waals surface area contributed by atoms with Gasteiger partial charge in [-0.05, 0) is 56.8 Å². The highest BCUT2D eigenvalue weighted by Crippen LogP contribution is 2.27. The predicted molar refractivity (Wildman–Crippen MR) is 102 cm³/mol. The third-order valence-electron chi connectivity index (χ3n) is 3.72. The Bertz CT molecular complexity index is 718. The Hall–Kier alpha value is -1.78. The number of thiocarbonyl (C=S) groups is 1. The van der Waals surface area contributed by atoms with E-state index in [0.717, 1.165) is 22.6 Å². The first-order valence-corrected chi connectivity index (χ1v) is 8.18. The van der Waals surface area contributed by atoms with Crippen LogP contribution in [0.2, 0.25) is 5.02 Å². The van der Waals surface area contributed by atoms with E-state index in [4.69, 9.17) is 28.6 Å². The van der Waals surface area contributed by atoms with Crippen molar-refractivity contribution in [2.24, 2.45) is 0 Å². The van der Waals surface area contributed by atoms with Crippen LogP contribution < -0.4 is 15.4 Å². The molecule has 0 saturated heterocycles. The molecular formula is C18H21ClN2OS. The van der Waals surface area contributed by atoms with Gasteiger partial charge in [0.2, 0.25) is 0 Å². The average Bonchev–Trinajstić information content (AvgIpc) is 2.51. The van der Waals surface area contributed by atoms with E-state index in [1.165, 1.54) is 5.56 Å². The molecule has 0 unspecified atom stereocenters. The summed E-state index contributed by atoms with van der Waals surface area (Å²) in [5, 5.41) is 7.75. The molecule has 0 heterocycles. The Morgan fingerprint density at radius 3 is 2.65 bits per heavy atom. The van der Waals surface area contributed by atoms with Gasteiger partial charge >= 0.3 is 0 Å². The second-order valence-electron chi connectivity index (χ2n) is 5.48. The number of hydrogen-bond acceptors (Lipinski definition) is 2. The molecule has 0 aromatic heterocycles. The van der Waals surface area contributed by atoms with Crippen LogP contribution in [0.5, 0.6) is 5.75 Å². The smallest absolute Gasteiger partial charge is 0.171 e. The molecule has 0 saturated carbocycles. The second-order valence-corrected chi connectivity index (χ2v) is 6.29. The summed E-state index contributed by atoms with van der Waals surface area (Å²) in [6.07, 6.45) is 0. The summed E-state index contributed by atoms with van der Waals surface area (Å²) in [4.78, 5) is 0. The normalized spacial score (nSPS) is 11.7. The summed E-state index contributed by atoms with van der Waals surface area (Å²) >= 11 is 11.6. The van der Waals surface area contributed by atoms with Gasteiger partial charge in [-0.2, -0.15) is 0 Å². The van der Waals surface area contributed by atoms with Gasteiger partial charge in [0.05, 0.1) is 13.2 Å². The van der Waals surface area contributed by atoms with Crippen molar-refractivity contribution in [2.45, 2.75) is 26.8 Å². The zero-order chi connectivity index (χ0) is 17.0. The van der Waals surface area contributed by atoms with Crippen molar-refractivity contribution in [1.29, 1.82) is 0 Å². The molecule has 0 aliphatic heterocycles. The van der Waals surface area contributed by atoms with Crippen LogP contribution in [-0.4, -0.2) is 12.2 Å². The number of halogens is 1. The molecule has 2 aromatic rings. The summed E-state index contributed by atoms with van der Waals surface area (Å²) in [5.74, 6) is 0.845. The first kappa shape index (κ1) is 17.6. The lowest BCUT2D eigenvalue weighted by molar-refractivity contribution is 0.405. The molecule has 3 nitrogen and oxygen atoms in total. The van der Waals surface area contributed by atoms with Gasteiger partial charge in [0.1, 0.15) is 5.75 Å². The average molecular weight is 349 g/mol. The SMILES string of the molecule is COc1ccc(C)cc1[C@@H](C)NC(=S)Nc1cccc(Cl)c1C. The van der Waals surface area contributed by atoms with Gasteiger partial charge in [-0.15, -0.1) is 0 Å². The fourth-order valence-corrected chi connectivity index (χ4v) is 2.83. The number of methoxy groups -OCH3 is 1. The fourth-order valence-electron chi connectivity index (χ4n) is 2.37. The van der Waals surface area contributed by atoms with Crippen molar-refractivity contribution in [2.75, 3.05) is 12.4 Å². The minimum atomic E-state index is 0.0179. The van der Waals surface area contributed by atoms with Crippen LogP contribution >= 0.6 is 23.8 Å². The van der Waals surface area contributed by atoms with E-state index < -0.39 is 0 Å². The van der Waals surface area contributed by atoms with Gasteiger partial charge in [0.15, 0.2) is 5.11 Å². The molecule has 0 spiro atoms. The summed E-state index contributed by atoms with van der Waals surface area (Å²) in [5.41, 5.74) is 4.12. The van der Waals surface area contributed by atoms with Crippen LogP contribution in [0.3, 0.4) is 0 Å². The van der Waals surface area contributed by atoms with Gasteiger partial charge < -0.3 is 15.4 Å². The summed E-state index contributed by atoms with van der Waals surface area (Å²) in [7, 11) is 1.67. The quantitative estimate of drug-likeness (QED) is 0.761. The molecule has 0 aliphatic carbocycles. The van der Waals surface area contributed by atoms with Crippen LogP contribution in [0.1, 0.15) is 29.7 Å². The molecule has 0 amide bonds. The van der Waals surface area contributed by atoms with Crippen molar-refractivity contribution in [3.05, 3.63) is 58.1 Å². The third-order valence-corrected chi connectivity index (χ3v) is 4.34. The van der Waals surface area contributed by atoms with E-state index in [9.17, 15) is 0 Å². The zero-order valence-electron chi connectivity index (χ0n) is 13.7.